The van der Waals surface area contributed by atoms with Crippen LogP contribution in [0.25, 0.3) is 0 Å². The Bertz CT molecular complexity index is 554. The van der Waals surface area contributed by atoms with E-state index in [1.165, 1.54) is 25.7 Å². The molecular formula is C17H26ClN3O. The molecule has 2 fully saturated rings. The molecule has 2 aliphatic carbocycles. The molecule has 0 radical (unpaired) electrons. The second kappa shape index (κ2) is 6.61. The largest absolute Gasteiger partial charge is 0.356 e. The SMILES string of the molecule is Cc1nn(CCCNC(=O)CC2CC3CCC2C3)c(C)c1Cl. The molecule has 0 aromatic carbocycles. The predicted octanol–water partition coefficient (Wildman–Crippen LogP) is 3.49. The zero-order valence-corrected chi connectivity index (χ0v) is 14.3. The van der Waals surface area contributed by atoms with Crippen LogP contribution in [0.5, 0.6) is 0 Å². The number of carbonyl (C=O) groups excluding carboxylic acids is 1. The first-order chi connectivity index (χ1) is 10.5. The van der Waals surface area contributed by atoms with E-state index in [2.05, 4.69) is 10.4 Å². The maximum atomic E-state index is 12.1. The van der Waals surface area contributed by atoms with Crippen molar-refractivity contribution in [2.75, 3.05) is 6.54 Å². The van der Waals surface area contributed by atoms with Crippen molar-refractivity contribution in [3.05, 3.63) is 16.4 Å². The van der Waals surface area contributed by atoms with Crippen molar-refractivity contribution in [1.29, 1.82) is 0 Å². The number of carbonyl (C=O) groups is 1. The summed E-state index contributed by atoms with van der Waals surface area (Å²) < 4.78 is 1.93. The van der Waals surface area contributed by atoms with Crippen LogP contribution in [-0.2, 0) is 11.3 Å². The van der Waals surface area contributed by atoms with Crippen LogP contribution in [0.2, 0.25) is 5.02 Å². The first-order valence-corrected chi connectivity index (χ1v) is 8.88. The van der Waals surface area contributed by atoms with Gasteiger partial charge in [-0.3, -0.25) is 9.48 Å². The Balaban J connectivity index is 1.36. The number of aryl methyl sites for hydroxylation is 2. The lowest BCUT2D eigenvalue weighted by atomic mass is 9.86. The first kappa shape index (κ1) is 15.9. The van der Waals surface area contributed by atoms with Crippen molar-refractivity contribution < 1.29 is 4.79 Å². The molecule has 0 aliphatic heterocycles. The van der Waals surface area contributed by atoms with Gasteiger partial charge in [0.25, 0.3) is 0 Å². The van der Waals surface area contributed by atoms with Gasteiger partial charge in [0.05, 0.1) is 16.4 Å². The van der Waals surface area contributed by atoms with Crippen molar-refractivity contribution >= 4 is 17.5 Å². The van der Waals surface area contributed by atoms with Gasteiger partial charge in [-0.2, -0.15) is 5.10 Å². The minimum atomic E-state index is 0.226. The second-order valence-electron chi connectivity index (χ2n) is 7.05. The van der Waals surface area contributed by atoms with Crippen molar-refractivity contribution in [2.24, 2.45) is 17.8 Å². The number of hydrogen-bond donors (Lipinski definition) is 1. The molecule has 1 heterocycles. The summed E-state index contributed by atoms with van der Waals surface area (Å²) in [6.45, 7) is 5.42. The Kier molecular flexibility index (Phi) is 4.76. The van der Waals surface area contributed by atoms with Gasteiger partial charge in [-0.1, -0.05) is 18.0 Å². The number of rotatable bonds is 6. The molecule has 2 aliphatic rings. The molecule has 5 heteroatoms. The monoisotopic (exact) mass is 323 g/mol. The van der Waals surface area contributed by atoms with Gasteiger partial charge in [0.15, 0.2) is 0 Å². The highest BCUT2D eigenvalue weighted by molar-refractivity contribution is 6.31. The number of hydrogen-bond acceptors (Lipinski definition) is 2. The van der Waals surface area contributed by atoms with Gasteiger partial charge in [0, 0.05) is 19.5 Å². The summed E-state index contributed by atoms with van der Waals surface area (Å²) in [4.78, 5) is 12.1. The van der Waals surface area contributed by atoms with E-state index in [0.29, 0.717) is 5.92 Å². The van der Waals surface area contributed by atoms with Crippen LogP contribution < -0.4 is 5.32 Å². The molecule has 22 heavy (non-hydrogen) atoms. The number of aromatic nitrogens is 2. The average molecular weight is 324 g/mol. The molecule has 0 saturated heterocycles. The Hall–Kier alpha value is -1.03. The molecule has 1 aromatic rings. The summed E-state index contributed by atoms with van der Waals surface area (Å²) in [5.74, 6) is 2.61. The molecule has 1 N–H and O–H groups in total. The quantitative estimate of drug-likeness (QED) is 0.815. The van der Waals surface area contributed by atoms with Gasteiger partial charge < -0.3 is 5.32 Å². The fourth-order valence-electron chi connectivity index (χ4n) is 4.29. The molecule has 4 nitrogen and oxygen atoms in total. The van der Waals surface area contributed by atoms with E-state index in [4.69, 9.17) is 11.6 Å². The highest BCUT2D eigenvalue weighted by Gasteiger charge is 2.39. The van der Waals surface area contributed by atoms with Crippen LogP contribution in [-0.4, -0.2) is 22.2 Å². The Morgan fingerprint density at radius 1 is 1.36 bits per heavy atom. The lowest BCUT2D eigenvalue weighted by Gasteiger charge is -2.20. The van der Waals surface area contributed by atoms with E-state index in [1.807, 2.05) is 18.5 Å². The van der Waals surface area contributed by atoms with Crippen molar-refractivity contribution in [2.45, 2.75) is 58.9 Å². The van der Waals surface area contributed by atoms with E-state index in [1.54, 1.807) is 0 Å². The maximum absolute atomic E-state index is 12.1. The van der Waals surface area contributed by atoms with Crippen LogP contribution in [0.15, 0.2) is 0 Å². The molecule has 3 atom stereocenters. The minimum absolute atomic E-state index is 0.226. The Labute approximate surface area is 137 Å². The first-order valence-electron chi connectivity index (χ1n) is 8.50. The van der Waals surface area contributed by atoms with Crippen LogP contribution in [0.1, 0.15) is 49.9 Å². The van der Waals surface area contributed by atoms with Crippen LogP contribution >= 0.6 is 11.6 Å². The zero-order valence-electron chi connectivity index (χ0n) is 13.6. The number of amides is 1. The highest BCUT2D eigenvalue weighted by atomic mass is 35.5. The summed E-state index contributed by atoms with van der Waals surface area (Å²) in [5, 5.41) is 8.22. The molecular weight excluding hydrogens is 298 g/mol. The lowest BCUT2D eigenvalue weighted by molar-refractivity contribution is -0.122. The molecule has 2 bridgehead atoms. The smallest absolute Gasteiger partial charge is 0.220 e. The van der Waals surface area contributed by atoms with E-state index in [-0.39, 0.29) is 5.91 Å². The van der Waals surface area contributed by atoms with Gasteiger partial charge >= 0.3 is 0 Å². The average Bonchev–Trinajstić information content (AvgIpc) is 3.16. The summed E-state index contributed by atoms with van der Waals surface area (Å²) in [6, 6.07) is 0. The van der Waals surface area contributed by atoms with Gasteiger partial charge in [-0.25, -0.2) is 0 Å². The molecule has 3 rings (SSSR count). The molecule has 2 saturated carbocycles. The molecule has 1 amide bonds. The second-order valence-corrected chi connectivity index (χ2v) is 7.43. The van der Waals surface area contributed by atoms with Crippen LogP contribution in [0, 0.1) is 31.6 Å². The Morgan fingerprint density at radius 2 is 2.18 bits per heavy atom. The van der Waals surface area contributed by atoms with Crippen molar-refractivity contribution in [1.82, 2.24) is 15.1 Å². The molecule has 122 valence electrons. The summed E-state index contributed by atoms with van der Waals surface area (Å²) in [7, 11) is 0. The van der Waals surface area contributed by atoms with E-state index >= 15 is 0 Å². The fourth-order valence-corrected chi connectivity index (χ4v) is 4.42. The minimum Gasteiger partial charge on any atom is -0.356 e. The standard InChI is InChI=1S/C17H26ClN3O/c1-11-17(18)12(2)21(20-11)7-3-6-19-16(22)10-15-9-13-4-5-14(15)8-13/h13-15H,3-10H2,1-2H3,(H,19,22). The zero-order chi connectivity index (χ0) is 15.7. The number of fused-ring (bicyclic) bond motifs is 2. The van der Waals surface area contributed by atoms with Crippen LogP contribution in [0.3, 0.4) is 0 Å². The fraction of sp³-hybridized carbons (Fsp3) is 0.765. The number of halogens is 1. The molecule has 0 spiro atoms. The predicted molar refractivity (Wildman–Crippen MR) is 87.9 cm³/mol. The van der Waals surface area contributed by atoms with Gasteiger partial charge in [0.2, 0.25) is 5.91 Å². The maximum Gasteiger partial charge on any atom is 0.220 e. The van der Waals surface area contributed by atoms with Gasteiger partial charge in [-0.15, -0.1) is 0 Å². The van der Waals surface area contributed by atoms with Crippen LogP contribution in [0.4, 0.5) is 0 Å². The van der Waals surface area contributed by atoms with Gasteiger partial charge in [0.1, 0.15) is 0 Å². The van der Waals surface area contributed by atoms with E-state index < -0.39 is 0 Å². The van der Waals surface area contributed by atoms with E-state index in [0.717, 1.165) is 54.2 Å². The lowest BCUT2D eigenvalue weighted by Crippen LogP contribution is -2.28. The van der Waals surface area contributed by atoms with Crippen molar-refractivity contribution in [3.8, 4) is 0 Å². The summed E-state index contributed by atoms with van der Waals surface area (Å²) in [5.41, 5.74) is 1.88. The third-order valence-corrected chi connectivity index (χ3v) is 6.04. The third kappa shape index (κ3) is 3.32. The number of nitrogens with one attached hydrogen (secondary N) is 1. The molecule has 3 unspecified atom stereocenters. The topological polar surface area (TPSA) is 46.9 Å². The van der Waals surface area contributed by atoms with Crippen molar-refractivity contribution in [3.63, 3.8) is 0 Å². The van der Waals surface area contributed by atoms with E-state index in [9.17, 15) is 4.79 Å². The normalized spacial score (nSPS) is 26.6. The Morgan fingerprint density at radius 3 is 2.77 bits per heavy atom. The highest BCUT2D eigenvalue weighted by Crippen LogP contribution is 2.49. The number of nitrogens with zero attached hydrogens (tertiary/aromatic N) is 2. The summed E-state index contributed by atoms with van der Waals surface area (Å²) in [6.07, 6.45) is 7.02. The third-order valence-electron chi connectivity index (χ3n) is 5.49. The van der Waals surface area contributed by atoms with Gasteiger partial charge in [-0.05, 0) is 57.3 Å². The summed E-state index contributed by atoms with van der Waals surface area (Å²) >= 11 is 6.13. The molecule has 1 aromatic heterocycles.